The van der Waals surface area contributed by atoms with E-state index in [0.29, 0.717) is 12.1 Å². The van der Waals surface area contributed by atoms with Crippen LogP contribution in [0.2, 0.25) is 0 Å². The van der Waals surface area contributed by atoms with Crippen LogP contribution in [0.25, 0.3) is 10.9 Å². The predicted molar refractivity (Wildman–Crippen MR) is 88.8 cm³/mol. The topological polar surface area (TPSA) is 37.4 Å². The smallest absolute Gasteiger partial charge is 0.338 e. The zero-order valence-electron chi connectivity index (χ0n) is 13.6. The number of alkyl halides is 3. The molecule has 3 rings (SSSR count). The third-order valence-corrected chi connectivity index (χ3v) is 4.56. The van der Waals surface area contributed by atoms with Crippen LogP contribution in [0.4, 0.5) is 13.2 Å². The zero-order valence-corrected chi connectivity index (χ0v) is 13.6. The van der Waals surface area contributed by atoms with Crippen molar-refractivity contribution in [2.24, 2.45) is 5.73 Å². The second kappa shape index (κ2) is 7.13. The van der Waals surface area contributed by atoms with Gasteiger partial charge in [-0.2, -0.15) is 13.2 Å². The van der Waals surface area contributed by atoms with Gasteiger partial charge in [0, 0.05) is 62.9 Å². The molecule has 132 valence electrons. The van der Waals surface area contributed by atoms with Gasteiger partial charge in [-0.1, -0.05) is 12.1 Å². The Morgan fingerprint density at radius 1 is 1.00 bits per heavy atom. The fourth-order valence-electron chi connectivity index (χ4n) is 3.35. The minimum absolute atomic E-state index is 0.645. The molecule has 0 spiro atoms. The molecule has 2 heterocycles. The summed E-state index contributed by atoms with van der Waals surface area (Å²) in [6.07, 6.45) is -2.68. The van der Waals surface area contributed by atoms with E-state index >= 15 is 0 Å². The summed E-state index contributed by atoms with van der Waals surface area (Å²) < 4.78 is 39.3. The molecule has 0 aliphatic carbocycles. The van der Waals surface area contributed by atoms with E-state index in [1.54, 1.807) is 12.1 Å². The summed E-state index contributed by atoms with van der Waals surface area (Å²) in [4.78, 5) is 4.69. The lowest BCUT2D eigenvalue weighted by Gasteiger charge is -2.34. The molecule has 0 saturated carbocycles. The molecule has 0 unspecified atom stereocenters. The van der Waals surface area contributed by atoms with Crippen molar-refractivity contribution < 1.29 is 13.2 Å². The van der Waals surface area contributed by atoms with E-state index in [0.717, 1.165) is 50.2 Å². The van der Waals surface area contributed by atoms with Crippen LogP contribution in [0.3, 0.4) is 0 Å². The van der Waals surface area contributed by atoms with Gasteiger partial charge in [0.2, 0.25) is 0 Å². The summed E-state index contributed by atoms with van der Waals surface area (Å²) in [6, 6.07) is 7.40. The molecule has 0 atom stereocenters. The number of nitrogens with two attached hydrogens (primary N) is 1. The normalized spacial score (nSPS) is 17.7. The molecule has 0 radical (unpaired) electrons. The Morgan fingerprint density at radius 3 is 2.38 bits per heavy atom. The molecule has 1 aromatic heterocycles. The monoisotopic (exact) mass is 340 g/mol. The Bertz CT molecular complexity index is 672. The van der Waals surface area contributed by atoms with E-state index < -0.39 is 12.7 Å². The van der Waals surface area contributed by atoms with Crippen LogP contribution in [-0.2, 0) is 13.1 Å². The van der Waals surface area contributed by atoms with Crippen LogP contribution in [0.5, 0.6) is 0 Å². The van der Waals surface area contributed by atoms with Gasteiger partial charge in [-0.3, -0.25) is 9.80 Å². The van der Waals surface area contributed by atoms with Crippen molar-refractivity contribution >= 4 is 10.9 Å². The number of nitrogens with zero attached hydrogens (tertiary/aromatic N) is 3. The molecule has 2 N–H and O–H groups in total. The molecule has 7 heteroatoms. The van der Waals surface area contributed by atoms with Gasteiger partial charge >= 0.3 is 6.18 Å². The van der Waals surface area contributed by atoms with Crippen LogP contribution < -0.4 is 5.73 Å². The summed E-state index contributed by atoms with van der Waals surface area (Å²) in [6.45, 7) is 5.31. The maximum Gasteiger partial charge on any atom is 0.406 e. The minimum Gasteiger partial charge on any atom is -0.338 e. The number of rotatable bonds is 5. The summed E-state index contributed by atoms with van der Waals surface area (Å²) in [7, 11) is 0. The van der Waals surface area contributed by atoms with Crippen molar-refractivity contribution in [1.29, 1.82) is 0 Å². The molecule has 1 fully saturated rings. The quantitative estimate of drug-likeness (QED) is 0.907. The van der Waals surface area contributed by atoms with Gasteiger partial charge in [-0.15, -0.1) is 0 Å². The van der Waals surface area contributed by atoms with Gasteiger partial charge in [-0.05, 0) is 17.7 Å². The number of fused-ring (bicyclic) bond motifs is 1. The van der Waals surface area contributed by atoms with E-state index in [1.165, 1.54) is 10.8 Å². The maximum absolute atomic E-state index is 12.7. The van der Waals surface area contributed by atoms with Crippen molar-refractivity contribution in [2.45, 2.75) is 19.3 Å². The first-order chi connectivity index (χ1) is 11.5. The summed E-state index contributed by atoms with van der Waals surface area (Å²) in [5, 5.41) is 0.908. The highest BCUT2D eigenvalue weighted by Gasteiger charge is 2.28. The lowest BCUT2D eigenvalue weighted by molar-refractivity contribution is -0.139. The van der Waals surface area contributed by atoms with E-state index in [1.807, 2.05) is 12.1 Å². The molecular formula is C17H23F3N4. The molecule has 1 aromatic carbocycles. The van der Waals surface area contributed by atoms with Crippen LogP contribution in [0, 0.1) is 0 Å². The molecule has 24 heavy (non-hydrogen) atoms. The van der Waals surface area contributed by atoms with Crippen LogP contribution in [0.1, 0.15) is 5.56 Å². The summed E-state index contributed by atoms with van der Waals surface area (Å²) >= 11 is 0. The number of benzene rings is 1. The highest BCUT2D eigenvalue weighted by atomic mass is 19.4. The molecule has 1 saturated heterocycles. The van der Waals surface area contributed by atoms with Crippen LogP contribution >= 0.6 is 0 Å². The van der Waals surface area contributed by atoms with Crippen molar-refractivity contribution in [3.05, 3.63) is 36.0 Å². The van der Waals surface area contributed by atoms with E-state index in [-0.39, 0.29) is 0 Å². The van der Waals surface area contributed by atoms with E-state index in [2.05, 4.69) is 9.80 Å². The number of hydrogen-bond donors (Lipinski definition) is 1. The van der Waals surface area contributed by atoms with Gasteiger partial charge in [-0.25, -0.2) is 0 Å². The Hall–Kier alpha value is -1.57. The highest BCUT2D eigenvalue weighted by molar-refractivity contribution is 5.83. The SMILES string of the molecule is NCCN1CCN(Cc2cccc3c2ccn3CC(F)(F)F)CC1. The number of hydrogen-bond acceptors (Lipinski definition) is 3. The Kier molecular flexibility index (Phi) is 5.12. The Morgan fingerprint density at radius 2 is 1.71 bits per heavy atom. The van der Waals surface area contributed by atoms with Crippen molar-refractivity contribution in [2.75, 3.05) is 39.3 Å². The van der Waals surface area contributed by atoms with Gasteiger partial charge < -0.3 is 10.3 Å². The average molecular weight is 340 g/mol. The lowest BCUT2D eigenvalue weighted by atomic mass is 10.1. The first-order valence-electron chi connectivity index (χ1n) is 8.24. The maximum atomic E-state index is 12.7. The Labute approximate surface area is 139 Å². The standard InChI is InChI=1S/C17H23F3N4/c18-17(19,20)13-24-6-4-15-14(2-1-3-16(15)24)12-23-10-8-22(7-5-21)9-11-23/h1-4,6H,5,7-13,21H2. The highest BCUT2D eigenvalue weighted by Crippen LogP contribution is 2.25. The predicted octanol–water partition coefficient (Wildman–Crippen LogP) is 2.28. The van der Waals surface area contributed by atoms with E-state index in [9.17, 15) is 13.2 Å². The fraction of sp³-hybridized carbons (Fsp3) is 0.529. The molecule has 1 aliphatic heterocycles. The fourth-order valence-corrected chi connectivity index (χ4v) is 3.35. The van der Waals surface area contributed by atoms with Gasteiger partial charge in [0.05, 0.1) is 0 Å². The number of aromatic nitrogens is 1. The summed E-state index contributed by atoms with van der Waals surface area (Å²) in [5.41, 5.74) is 7.32. The van der Waals surface area contributed by atoms with Gasteiger partial charge in [0.1, 0.15) is 6.54 Å². The molecule has 0 bridgehead atoms. The molecule has 4 nitrogen and oxygen atoms in total. The van der Waals surface area contributed by atoms with Gasteiger partial charge in [0.15, 0.2) is 0 Å². The third kappa shape index (κ3) is 4.09. The summed E-state index contributed by atoms with van der Waals surface area (Å²) in [5.74, 6) is 0. The second-order valence-electron chi connectivity index (χ2n) is 6.32. The van der Waals surface area contributed by atoms with Crippen molar-refractivity contribution in [3.8, 4) is 0 Å². The van der Waals surface area contributed by atoms with Crippen molar-refractivity contribution in [3.63, 3.8) is 0 Å². The van der Waals surface area contributed by atoms with Crippen molar-refractivity contribution in [1.82, 2.24) is 14.4 Å². The first kappa shape index (κ1) is 17.3. The second-order valence-corrected chi connectivity index (χ2v) is 6.32. The average Bonchev–Trinajstić information content (AvgIpc) is 2.92. The van der Waals surface area contributed by atoms with E-state index in [4.69, 9.17) is 5.73 Å². The minimum atomic E-state index is -4.21. The first-order valence-corrected chi connectivity index (χ1v) is 8.24. The number of halogens is 3. The number of piperazine rings is 1. The van der Waals surface area contributed by atoms with Gasteiger partial charge in [0.25, 0.3) is 0 Å². The molecule has 1 aliphatic rings. The lowest BCUT2D eigenvalue weighted by Crippen LogP contribution is -2.47. The molecule has 2 aromatic rings. The largest absolute Gasteiger partial charge is 0.406 e. The third-order valence-electron chi connectivity index (χ3n) is 4.56. The molecular weight excluding hydrogens is 317 g/mol. The van der Waals surface area contributed by atoms with Crippen LogP contribution in [0.15, 0.2) is 30.5 Å². The zero-order chi connectivity index (χ0) is 17.2. The van der Waals surface area contributed by atoms with Crippen LogP contribution in [-0.4, -0.2) is 59.8 Å². The molecule has 0 amide bonds. The Balaban J connectivity index is 1.72.